The number of ether oxygens (including phenoxy) is 3. The van der Waals surface area contributed by atoms with Crippen LogP contribution in [-0.2, 0) is 4.74 Å². The van der Waals surface area contributed by atoms with E-state index in [1.165, 1.54) is 4.57 Å². The van der Waals surface area contributed by atoms with Crippen molar-refractivity contribution in [3.8, 4) is 11.5 Å². The molecular formula is C22H28ClN3O4. The van der Waals surface area contributed by atoms with Crippen LogP contribution in [0.4, 0.5) is 4.79 Å². The molecule has 0 fully saturated rings. The van der Waals surface area contributed by atoms with Crippen molar-refractivity contribution in [3.63, 3.8) is 0 Å². The first-order chi connectivity index (χ1) is 14.1. The molecule has 8 heteroatoms. The second-order valence-corrected chi connectivity index (χ2v) is 8.70. The summed E-state index contributed by atoms with van der Waals surface area (Å²) in [5.74, 6) is 1.12. The van der Waals surface area contributed by atoms with Gasteiger partial charge in [0.2, 0.25) is 0 Å². The molecule has 30 heavy (non-hydrogen) atoms. The summed E-state index contributed by atoms with van der Waals surface area (Å²) in [6.45, 7) is 6.92. The van der Waals surface area contributed by atoms with Crippen LogP contribution >= 0.6 is 11.6 Å². The Bertz CT molecular complexity index is 1070. The number of aromatic nitrogens is 2. The zero-order chi connectivity index (χ0) is 22.1. The van der Waals surface area contributed by atoms with E-state index in [4.69, 9.17) is 25.8 Å². The number of carbonyl (C=O) groups is 1. The van der Waals surface area contributed by atoms with E-state index in [1.807, 2.05) is 40.9 Å². The summed E-state index contributed by atoms with van der Waals surface area (Å²) in [5, 5.41) is 1.71. The largest absolute Gasteiger partial charge is 0.493 e. The summed E-state index contributed by atoms with van der Waals surface area (Å²) in [6.07, 6.45) is 1.94. The highest BCUT2D eigenvalue weighted by Crippen LogP contribution is 2.40. The first-order valence-electron chi connectivity index (χ1n) is 9.80. The first-order valence-corrected chi connectivity index (χ1v) is 10.2. The maximum Gasteiger partial charge on any atom is 0.419 e. The lowest BCUT2D eigenvalue weighted by molar-refractivity contribution is 0.0551. The number of rotatable bonds is 6. The van der Waals surface area contributed by atoms with E-state index in [0.717, 1.165) is 18.4 Å². The van der Waals surface area contributed by atoms with E-state index in [0.29, 0.717) is 39.7 Å². The molecule has 0 aliphatic carbocycles. The molecule has 2 aromatic heterocycles. The highest BCUT2D eigenvalue weighted by atomic mass is 35.5. The fraction of sp³-hybridized carbons (Fsp3) is 0.455. The number of pyridine rings is 1. The van der Waals surface area contributed by atoms with Gasteiger partial charge in [0.05, 0.1) is 24.8 Å². The number of fused-ring (bicyclic) bond motifs is 3. The van der Waals surface area contributed by atoms with Gasteiger partial charge in [0, 0.05) is 29.6 Å². The average Bonchev–Trinajstić information content (AvgIpc) is 2.97. The lowest BCUT2D eigenvalue weighted by Gasteiger charge is -2.20. The van der Waals surface area contributed by atoms with Gasteiger partial charge >= 0.3 is 6.09 Å². The normalized spacial score (nSPS) is 12.0. The van der Waals surface area contributed by atoms with Gasteiger partial charge in [0.25, 0.3) is 0 Å². The Morgan fingerprint density at radius 3 is 2.57 bits per heavy atom. The zero-order valence-electron chi connectivity index (χ0n) is 18.3. The van der Waals surface area contributed by atoms with Crippen molar-refractivity contribution in [1.82, 2.24) is 14.5 Å². The molecule has 1 aromatic carbocycles. The summed E-state index contributed by atoms with van der Waals surface area (Å²) >= 11 is 6.40. The van der Waals surface area contributed by atoms with Crippen molar-refractivity contribution in [1.29, 1.82) is 0 Å². The first kappa shape index (κ1) is 22.2. The molecule has 2 heterocycles. The van der Waals surface area contributed by atoms with Gasteiger partial charge in [-0.3, -0.25) is 0 Å². The molecular weight excluding hydrogens is 406 g/mol. The number of methoxy groups -OCH3 is 1. The van der Waals surface area contributed by atoms with Gasteiger partial charge in [-0.05, 0) is 53.4 Å². The van der Waals surface area contributed by atoms with Crippen molar-refractivity contribution in [2.24, 2.45) is 0 Å². The maximum absolute atomic E-state index is 13.1. The zero-order valence-corrected chi connectivity index (χ0v) is 19.0. The number of benzene rings is 1. The molecule has 0 aliphatic heterocycles. The predicted molar refractivity (Wildman–Crippen MR) is 119 cm³/mol. The molecule has 0 unspecified atom stereocenters. The molecule has 0 spiro atoms. The Morgan fingerprint density at radius 1 is 1.20 bits per heavy atom. The van der Waals surface area contributed by atoms with Crippen molar-refractivity contribution in [3.05, 3.63) is 29.5 Å². The molecule has 7 nitrogen and oxygen atoms in total. The van der Waals surface area contributed by atoms with Crippen molar-refractivity contribution in [2.45, 2.75) is 32.8 Å². The Hall–Kier alpha value is -2.51. The molecule has 0 atom stereocenters. The second-order valence-electron chi connectivity index (χ2n) is 8.34. The van der Waals surface area contributed by atoms with Crippen LogP contribution in [0.5, 0.6) is 11.5 Å². The summed E-state index contributed by atoms with van der Waals surface area (Å²) < 4.78 is 18.7. The highest BCUT2D eigenvalue weighted by Gasteiger charge is 2.25. The Balaban J connectivity index is 2.15. The van der Waals surface area contributed by atoms with Crippen molar-refractivity contribution < 1.29 is 19.0 Å². The molecule has 0 radical (unpaired) electrons. The number of nitrogens with zero attached hydrogens (tertiary/aromatic N) is 3. The fourth-order valence-corrected chi connectivity index (χ4v) is 3.52. The van der Waals surface area contributed by atoms with Crippen LogP contribution in [0.15, 0.2) is 24.4 Å². The third-order valence-electron chi connectivity index (χ3n) is 4.50. The predicted octanol–water partition coefficient (Wildman–Crippen LogP) is 4.97. The minimum absolute atomic E-state index is 0.307. The van der Waals surface area contributed by atoms with E-state index in [2.05, 4.69) is 9.88 Å². The molecule has 0 saturated heterocycles. The second kappa shape index (κ2) is 8.70. The fourth-order valence-electron chi connectivity index (χ4n) is 3.27. The van der Waals surface area contributed by atoms with E-state index < -0.39 is 11.7 Å². The number of halogens is 1. The number of hydrogen-bond acceptors (Lipinski definition) is 6. The molecule has 0 saturated carbocycles. The van der Waals surface area contributed by atoms with Crippen LogP contribution in [0, 0.1) is 0 Å². The van der Waals surface area contributed by atoms with Crippen LogP contribution in [-0.4, -0.2) is 60.5 Å². The molecule has 3 aromatic rings. The summed E-state index contributed by atoms with van der Waals surface area (Å²) in [5.41, 5.74) is 0.595. The molecule has 0 bridgehead atoms. The number of carbonyl (C=O) groups excluding carboxylic acids is 1. The molecule has 0 N–H and O–H groups in total. The van der Waals surface area contributed by atoms with Gasteiger partial charge in [-0.2, -0.15) is 0 Å². The minimum Gasteiger partial charge on any atom is -0.493 e. The van der Waals surface area contributed by atoms with Crippen LogP contribution in [0.1, 0.15) is 27.2 Å². The van der Waals surface area contributed by atoms with Crippen LogP contribution in [0.3, 0.4) is 0 Å². The van der Waals surface area contributed by atoms with Gasteiger partial charge < -0.3 is 19.1 Å². The summed E-state index contributed by atoms with van der Waals surface area (Å²) in [7, 11) is 5.62. The van der Waals surface area contributed by atoms with Crippen LogP contribution in [0.2, 0.25) is 5.15 Å². The van der Waals surface area contributed by atoms with Crippen molar-refractivity contribution in [2.75, 3.05) is 34.4 Å². The average molecular weight is 434 g/mol. The standard InChI is InChI=1S/C22H28ClN3O4/c1-22(2,3)30-21(27)26-15-8-9-24-20(23)19(15)14-12-17(28-6)18(13-16(14)26)29-11-7-10-25(4)5/h8-9,12-13H,7,10-11H2,1-6H3. The highest BCUT2D eigenvalue weighted by molar-refractivity contribution is 6.37. The van der Waals surface area contributed by atoms with Crippen molar-refractivity contribution >= 4 is 39.5 Å². The lowest BCUT2D eigenvalue weighted by Crippen LogP contribution is -2.27. The minimum atomic E-state index is -0.644. The summed E-state index contributed by atoms with van der Waals surface area (Å²) in [6, 6.07) is 5.37. The number of hydrogen-bond donors (Lipinski definition) is 0. The third kappa shape index (κ3) is 4.63. The van der Waals surface area contributed by atoms with E-state index >= 15 is 0 Å². The van der Waals surface area contributed by atoms with Gasteiger partial charge in [-0.15, -0.1) is 0 Å². The molecule has 0 amide bonds. The van der Waals surface area contributed by atoms with Gasteiger partial charge in [0.1, 0.15) is 10.8 Å². The van der Waals surface area contributed by atoms with Crippen LogP contribution in [0.25, 0.3) is 21.8 Å². The SMILES string of the molecule is COc1cc2c3c(Cl)nccc3n(C(=O)OC(C)(C)C)c2cc1OCCCN(C)C. The smallest absolute Gasteiger partial charge is 0.419 e. The topological polar surface area (TPSA) is 65.8 Å². The molecule has 162 valence electrons. The van der Waals surface area contributed by atoms with Gasteiger partial charge in [0.15, 0.2) is 11.5 Å². The van der Waals surface area contributed by atoms with Crippen LogP contribution < -0.4 is 9.47 Å². The van der Waals surface area contributed by atoms with E-state index in [1.54, 1.807) is 25.4 Å². The lowest BCUT2D eigenvalue weighted by atomic mass is 10.2. The summed E-state index contributed by atoms with van der Waals surface area (Å²) in [4.78, 5) is 19.3. The monoisotopic (exact) mass is 433 g/mol. The van der Waals surface area contributed by atoms with Gasteiger partial charge in [-0.1, -0.05) is 11.6 Å². The van der Waals surface area contributed by atoms with E-state index in [9.17, 15) is 4.79 Å². The third-order valence-corrected chi connectivity index (χ3v) is 4.79. The maximum atomic E-state index is 13.1. The Morgan fingerprint density at radius 2 is 1.93 bits per heavy atom. The molecule has 0 aliphatic rings. The quantitative estimate of drug-likeness (QED) is 0.404. The molecule has 3 rings (SSSR count). The Labute approximate surface area is 181 Å². The Kier molecular flexibility index (Phi) is 6.43. The van der Waals surface area contributed by atoms with E-state index in [-0.39, 0.29) is 0 Å². The van der Waals surface area contributed by atoms with Gasteiger partial charge in [-0.25, -0.2) is 14.3 Å².